The highest BCUT2D eigenvalue weighted by atomic mass is 16.4. The highest BCUT2D eigenvalue weighted by Gasteiger charge is 2.34. The van der Waals surface area contributed by atoms with Crippen molar-refractivity contribution in [2.75, 3.05) is 5.32 Å². The lowest BCUT2D eigenvalue weighted by Gasteiger charge is -2.20. The number of fused-ring (bicyclic) bond motifs is 1. The lowest BCUT2D eigenvalue weighted by Crippen LogP contribution is -2.23. The van der Waals surface area contributed by atoms with Crippen LogP contribution in [0.15, 0.2) is 18.2 Å². The zero-order valence-corrected chi connectivity index (χ0v) is 12.1. The SMILES string of the molecule is O=C(O)[C@H]1CC[C@@H](C(=O)Nc2cccc3c2CCCC3)C1. The number of amides is 1. The first-order chi connectivity index (χ1) is 10.1. The fourth-order valence-corrected chi connectivity index (χ4v) is 3.58. The quantitative estimate of drug-likeness (QED) is 0.898. The van der Waals surface area contributed by atoms with E-state index in [-0.39, 0.29) is 17.7 Å². The third kappa shape index (κ3) is 2.94. The maximum absolute atomic E-state index is 12.4. The van der Waals surface area contributed by atoms with Crippen LogP contribution >= 0.6 is 0 Å². The van der Waals surface area contributed by atoms with Crippen LogP contribution in [-0.2, 0) is 22.4 Å². The van der Waals surface area contributed by atoms with Crippen molar-refractivity contribution in [3.63, 3.8) is 0 Å². The summed E-state index contributed by atoms with van der Waals surface area (Å²) >= 11 is 0. The van der Waals surface area contributed by atoms with E-state index in [1.54, 1.807) is 0 Å². The molecule has 21 heavy (non-hydrogen) atoms. The predicted octanol–water partition coefficient (Wildman–Crippen LogP) is 3.00. The topological polar surface area (TPSA) is 66.4 Å². The number of aliphatic carboxylic acids is 1. The van der Waals surface area contributed by atoms with Crippen LogP contribution in [0.4, 0.5) is 5.69 Å². The number of nitrogens with one attached hydrogen (secondary N) is 1. The van der Waals surface area contributed by atoms with Gasteiger partial charge in [-0.15, -0.1) is 0 Å². The first kappa shape index (κ1) is 14.1. The summed E-state index contributed by atoms with van der Waals surface area (Å²) in [6.45, 7) is 0. The molecule has 0 unspecified atom stereocenters. The Bertz CT molecular complexity index is 567. The van der Waals surface area contributed by atoms with Crippen molar-refractivity contribution in [1.29, 1.82) is 0 Å². The minimum atomic E-state index is -0.776. The summed E-state index contributed by atoms with van der Waals surface area (Å²) in [5, 5.41) is 12.1. The Labute approximate surface area is 124 Å². The maximum atomic E-state index is 12.4. The highest BCUT2D eigenvalue weighted by molar-refractivity contribution is 5.94. The second-order valence-electron chi connectivity index (χ2n) is 6.18. The second-order valence-corrected chi connectivity index (χ2v) is 6.18. The van der Waals surface area contributed by atoms with Crippen LogP contribution < -0.4 is 5.32 Å². The summed E-state index contributed by atoms with van der Waals surface area (Å²) in [5.74, 6) is -1.31. The van der Waals surface area contributed by atoms with Crippen molar-refractivity contribution in [1.82, 2.24) is 0 Å². The van der Waals surface area contributed by atoms with E-state index in [1.165, 1.54) is 24.0 Å². The Morgan fingerprint density at radius 3 is 2.62 bits per heavy atom. The average Bonchev–Trinajstić information content (AvgIpc) is 2.98. The summed E-state index contributed by atoms with van der Waals surface area (Å²) in [7, 11) is 0. The summed E-state index contributed by atoms with van der Waals surface area (Å²) in [6.07, 6.45) is 6.25. The van der Waals surface area contributed by atoms with Crippen LogP contribution in [0.1, 0.15) is 43.2 Å². The smallest absolute Gasteiger partial charge is 0.306 e. The molecule has 2 N–H and O–H groups in total. The molecule has 0 aromatic heterocycles. The molecule has 0 aliphatic heterocycles. The number of rotatable bonds is 3. The number of anilines is 1. The Balaban J connectivity index is 1.70. The van der Waals surface area contributed by atoms with Crippen molar-refractivity contribution >= 4 is 17.6 Å². The first-order valence-corrected chi connectivity index (χ1v) is 7.79. The first-order valence-electron chi connectivity index (χ1n) is 7.79. The van der Waals surface area contributed by atoms with Crippen LogP contribution in [0.5, 0.6) is 0 Å². The summed E-state index contributed by atoms with van der Waals surface area (Å²) in [5.41, 5.74) is 3.54. The monoisotopic (exact) mass is 287 g/mol. The minimum Gasteiger partial charge on any atom is -0.481 e. The number of carbonyl (C=O) groups is 2. The van der Waals surface area contributed by atoms with Gasteiger partial charge >= 0.3 is 5.97 Å². The van der Waals surface area contributed by atoms with Crippen molar-refractivity contribution in [3.05, 3.63) is 29.3 Å². The molecule has 1 aromatic carbocycles. The molecule has 2 aliphatic rings. The predicted molar refractivity (Wildman–Crippen MR) is 80.2 cm³/mol. The van der Waals surface area contributed by atoms with Gasteiger partial charge in [0.05, 0.1) is 5.92 Å². The molecule has 0 bridgehead atoms. The van der Waals surface area contributed by atoms with E-state index in [4.69, 9.17) is 5.11 Å². The van der Waals surface area contributed by atoms with E-state index in [0.717, 1.165) is 18.5 Å². The van der Waals surface area contributed by atoms with Crippen LogP contribution in [0, 0.1) is 11.8 Å². The van der Waals surface area contributed by atoms with Gasteiger partial charge in [0, 0.05) is 11.6 Å². The fraction of sp³-hybridized carbons (Fsp3) is 0.529. The number of carbonyl (C=O) groups excluding carboxylic acids is 1. The van der Waals surface area contributed by atoms with E-state index in [9.17, 15) is 9.59 Å². The molecule has 112 valence electrons. The second kappa shape index (κ2) is 5.88. The van der Waals surface area contributed by atoms with Gasteiger partial charge in [-0.1, -0.05) is 12.1 Å². The zero-order chi connectivity index (χ0) is 14.8. The molecule has 4 nitrogen and oxygen atoms in total. The lowest BCUT2D eigenvalue weighted by atomic mass is 9.90. The Hall–Kier alpha value is -1.84. The number of benzene rings is 1. The van der Waals surface area contributed by atoms with Gasteiger partial charge in [0.25, 0.3) is 0 Å². The molecule has 0 spiro atoms. The number of hydrogen-bond acceptors (Lipinski definition) is 2. The Kier molecular flexibility index (Phi) is 3.95. The van der Waals surface area contributed by atoms with Crippen molar-refractivity contribution in [2.24, 2.45) is 11.8 Å². The van der Waals surface area contributed by atoms with Gasteiger partial charge in [0.2, 0.25) is 5.91 Å². The van der Waals surface area contributed by atoms with Crippen LogP contribution in [-0.4, -0.2) is 17.0 Å². The minimum absolute atomic E-state index is 0.0160. The van der Waals surface area contributed by atoms with Gasteiger partial charge in [0.1, 0.15) is 0 Å². The molecule has 3 rings (SSSR count). The molecule has 1 amide bonds. The Morgan fingerprint density at radius 1 is 1.10 bits per heavy atom. The molecule has 0 saturated heterocycles. The van der Waals surface area contributed by atoms with Gasteiger partial charge in [-0.05, 0) is 62.1 Å². The molecule has 0 heterocycles. The molecule has 2 atom stereocenters. The molecule has 1 fully saturated rings. The van der Waals surface area contributed by atoms with Gasteiger partial charge in [0.15, 0.2) is 0 Å². The largest absolute Gasteiger partial charge is 0.481 e. The number of hydrogen-bond donors (Lipinski definition) is 2. The lowest BCUT2D eigenvalue weighted by molar-refractivity contribution is -0.141. The van der Waals surface area contributed by atoms with E-state index in [1.807, 2.05) is 12.1 Å². The maximum Gasteiger partial charge on any atom is 0.306 e. The van der Waals surface area contributed by atoms with Gasteiger partial charge in [-0.3, -0.25) is 9.59 Å². The number of aryl methyl sites for hydroxylation is 1. The zero-order valence-electron chi connectivity index (χ0n) is 12.1. The molecule has 1 aromatic rings. The summed E-state index contributed by atoms with van der Waals surface area (Å²) in [6, 6.07) is 6.10. The van der Waals surface area contributed by atoms with E-state index in [0.29, 0.717) is 19.3 Å². The van der Waals surface area contributed by atoms with Crippen LogP contribution in [0.3, 0.4) is 0 Å². The van der Waals surface area contributed by atoms with Crippen molar-refractivity contribution in [2.45, 2.75) is 44.9 Å². The number of carboxylic acid groups (broad SMARTS) is 1. The molecule has 1 saturated carbocycles. The molecule has 2 aliphatic carbocycles. The van der Waals surface area contributed by atoms with Gasteiger partial charge < -0.3 is 10.4 Å². The normalized spacial score (nSPS) is 24.4. The molecule has 0 radical (unpaired) electrons. The standard InChI is InChI=1S/C17H21NO3/c19-16(12-8-9-13(10-12)17(20)21)18-15-7-3-5-11-4-1-2-6-14(11)15/h3,5,7,12-13H,1-2,4,6,8-10H2,(H,18,19)(H,20,21)/t12-,13+/m1/s1. The molecular formula is C17H21NO3. The van der Waals surface area contributed by atoms with E-state index >= 15 is 0 Å². The van der Waals surface area contributed by atoms with Gasteiger partial charge in [-0.25, -0.2) is 0 Å². The van der Waals surface area contributed by atoms with E-state index in [2.05, 4.69) is 11.4 Å². The molecule has 4 heteroatoms. The third-order valence-corrected chi connectivity index (χ3v) is 4.81. The summed E-state index contributed by atoms with van der Waals surface area (Å²) < 4.78 is 0. The summed E-state index contributed by atoms with van der Waals surface area (Å²) in [4.78, 5) is 23.4. The Morgan fingerprint density at radius 2 is 1.86 bits per heavy atom. The number of carboxylic acids is 1. The van der Waals surface area contributed by atoms with Crippen molar-refractivity contribution < 1.29 is 14.7 Å². The van der Waals surface area contributed by atoms with Crippen LogP contribution in [0.2, 0.25) is 0 Å². The van der Waals surface area contributed by atoms with Gasteiger partial charge in [-0.2, -0.15) is 0 Å². The molecular weight excluding hydrogens is 266 g/mol. The van der Waals surface area contributed by atoms with Crippen LogP contribution in [0.25, 0.3) is 0 Å². The fourth-order valence-electron chi connectivity index (χ4n) is 3.58. The third-order valence-electron chi connectivity index (χ3n) is 4.81. The highest BCUT2D eigenvalue weighted by Crippen LogP contribution is 2.33. The average molecular weight is 287 g/mol. The van der Waals surface area contributed by atoms with Crippen molar-refractivity contribution in [3.8, 4) is 0 Å². The van der Waals surface area contributed by atoms with E-state index < -0.39 is 5.97 Å².